The van der Waals surface area contributed by atoms with Crippen LogP contribution in [0.15, 0.2) is 42.0 Å². The van der Waals surface area contributed by atoms with Crippen LogP contribution in [0.2, 0.25) is 0 Å². The van der Waals surface area contributed by atoms with Gasteiger partial charge in [0.15, 0.2) is 0 Å². The van der Waals surface area contributed by atoms with Gasteiger partial charge in [-0.2, -0.15) is 5.10 Å². The summed E-state index contributed by atoms with van der Waals surface area (Å²) in [5.41, 5.74) is 1.95. The molecule has 0 saturated heterocycles. The molecule has 112 valence electrons. The van der Waals surface area contributed by atoms with E-state index in [1.807, 2.05) is 0 Å². The third-order valence-electron chi connectivity index (χ3n) is 3.05. The Morgan fingerprint density at radius 3 is 2.82 bits per heavy atom. The van der Waals surface area contributed by atoms with Gasteiger partial charge < -0.3 is 9.47 Å². The van der Waals surface area contributed by atoms with Crippen LogP contribution >= 0.6 is 0 Å². The van der Waals surface area contributed by atoms with Crippen LogP contribution in [0.3, 0.4) is 0 Å². The average Bonchev–Trinajstić information content (AvgIpc) is 3.15. The van der Waals surface area contributed by atoms with E-state index >= 15 is 0 Å². The molecule has 0 fully saturated rings. The topological polar surface area (TPSA) is 81.3 Å². The normalized spacial score (nSPS) is 13.7. The molecule has 3 rings (SSSR count). The fourth-order valence-electron chi connectivity index (χ4n) is 1.93. The van der Waals surface area contributed by atoms with Gasteiger partial charge in [0.05, 0.1) is 5.69 Å². The number of aromatic amines is 1. The molecule has 2 heterocycles. The number of hydrogen-bond donors (Lipinski definition) is 1. The minimum Gasteiger partial charge on any atom is -0.458 e. The highest BCUT2D eigenvalue weighted by atomic mass is 19.1. The zero-order chi connectivity index (χ0) is 15.5. The third kappa shape index (κ3) is 3.03. The largest absolute Gasteiger partial charge is 0.458 e. The molecule has 0 unspecified atom stereocenters. The van der Waals surface area contributed by atoms with E-state index < -0.39 is 11.9 Å². The zero-order valence-corrected chi connectivity index (χ0v) is 11.3. The lowest BCUT2D eigenvalue weighted by molar-refractivity contribution is -0.134. The van der Waals surface area contributed by atoms with Gasteiger partial charge in [0.2, 0.25) is 0 Å². The molecule has 22 heavy (non-hydrogen) atoms. The lowest BCUT2D eigenvalue weighted by Crippen LogP contribution is -2.09. The number of nitrogens with zero attached hydrogens (tertiary/aromatic N) is 1. The lowest BCUT2D eigenvalue weighted by Gasteiger charge is -2.02. The number of ether oxygens (including phenoxy) is 2. The number of halogens is 1. The van der Waals surface area contributed by atoms with Gasteiger partial charge in [0.25, 0.3) is 0 Å². The summed E-state index contributed by atoms with van der Waals surface area (Å²) < 4.78 is 22.6. The highest BCUT2D eigenvalue weighted by molar-refractivity contribution is 5.89. The summed E-state index contributed by atoms with van der Waals surface area (Å²) in [4.78, 5) is 22.7. The van der Waals surface area contributed by atoms with Crippen molar-refractivity contribution in [3.8, 4) is 11.3 Å². The Hall–Kier alpha value is -2.96. The molecule has 0 radical (unpaired) electrons. The first-order valence-corrected chi connectivity index (χ1v) is 6.46. The molecule has 1 N–H and O–H groups in total. The van der Waals surface area contributed by atoms with Crippen LogP contribution in [0.5, 0.6) is 0 Å². The summed E-state index contributed by atoms with van der Waals surface area (Å²) in [6.07, 6.45) is 1.30. The number of H-pyrrole nitrogens is 1. The molecular formula is C15H11FN2O4. The van der Waals surface area contributed by atoms with E-state index in [0.717, 1.165) is 0 Å². The number of carbonyl (C=O) groups excluding carboxylic acids is 2. The Labute approximate surface area is 124 Å². The summed E-state index contributed by atoms with van der Waals surface area (Å²) in [6.45, 7) is 0.116. The molecule has 0 atom stereocenters. The molecule has 7 heteroatoms. The Morgan fingerprint density at radius 1 is 1.36 bits per heavy atom. The average molecular weight is 302 g/mol. The van der Waals surface area contributed by atoms with E-state index in [1.165, 1.54) is 24.3 Å². The molecule has 1 aromatic heterocycles. The quantitative estimate of drug-likeness (QED) is 0.872. The Kier molecular flexibility index (Phi) is 3.69. The maximum Gasteiger partial charge on any atom is 0.356 e. The first kappa shape index (κ1) is 14.0. The number of benzene rings is 1. The van der Waals surface area contributed by atoms with Gasteiger partial charge in [-0.1, -0.05) is 0 Å². The molecule has 0 aliphatic carbocycles. The predicted molar refractivity (Wildman–Crippen MR) is 73.3 cm³/mol. The monoisotopic (exact) mass is 302 g/mol. The molecular weight excluding hydrogens is 291 g/mol. The minimum atomic E-state index is -0.596. The van der Waals surface area contributed by atoms with Gasteiger partial charge in [0, 0.05) is 17.2 Å². The number of hydrogen-bond acceptors (Lipinski definition) is 5. The fraction of sp³-hybridized carbons (Fsp3) is 0.133. The van der Waals surface area contributed by atoms with E-state index in [1.54, 1.807) is 12.1 Å². The summed E-state index contributed by atoms with van der Waals surface area (Å²) in [5.74, 6) is -1.38. The van der Waals surface area contributed by atoms with Crippen LogP contribution in [0.1, 0.15) is 10.5 Å². The van der Waals surface area contributed by atoms with Crippen LogP contribution in [-0.2, 0) is 14.3 Å². The number of rotatable bonds is 4. The van der Waals surface area contributed by atoms with E-state index in [9.17, 15) is 14.0 Å². The summed E-state index contributed by atoms with van der Waals surface area (Å²) in [7, 11) is 0. The summed E-state index contributed by atoms with van der Waals surface area (Å²) >= 11 is 0. The number of cyclic esters (lactones) is 1. The maximum atomic E-state index is 12.9. The van der Waals surface area contributed by atoms with Crippen LogP contribution < -0.4 is 0 Å². The Bertz CT molecular complexity index is 749. The first-order chi connectivity index (χ1) is 10.6. The first-order valence-electron chi connectivity index (χ1n) is 6.46. The van der Waals surface area contributed by atoms with Gasteiger partial charge >= 0.3 is 11.9 Å². The predicted octanol–water partition coefficient (Wildman–Crippen LogP) is 1.86. The Balaban J connectivity index is 1.65. The molecule has 2 aromatic rings. The van der Waals surface area contributed by atoms with Crippen molar-refractivity contribution in [1.82, 2.24) is 10.2 Å². The molecule has 1 aliphatic heterocycles. The van der Waals surface area contributed by atoms with Gasteiger partial charge in [-0.25, -0.2) is 14.0 Å². The molecule has 6 nitrogen and oxygen atoms in total. The van der Waals surface area contributed by atoms with Crippen molar-refractivity contribution in [1.29, 1.82) is 0 Å². The summed E-state index contributed by atoms with van der Waals surface area (Å²) in [5, 5.41) is 6.55. The standard InChI is InChI=1S/C15H11FN2O4/c16-11-3-1-10(2-4-11)12-6-13(18-17-12)15(20)22-8-9-5-14(19)21-7-9/h1-6H,7-8H2,(H,17,18). The number of carbonyl (C=O) groups is 2. The molecule has 0 spiro atoms. The second-order valence-corrected chi connectivity index (χ2v) is 4.66. The smallest absolute Gasteiger partial charge is 0.356 e. The maximum absolute atomic E-state index is 12.9. The van der Waals surface area contributed by atoms with Crippen molar-refractivity contribution in [3.05, 3.63) is 53.5 Å². The van der Waals surface area contributed by atoms with Crippen molar-refractivity contribution in [3.63, 3.8) is 0 Å². The van der Waals surface area contributed by atoms with Crippen molar-refractivity contribution in [2.75, 3.05) is 13.2 Å². The second-order valence-electron chi connectivity index (χ2n) is 4.66. The van der Waals surface area contributed by atoms with Gasteiger partial charge in [-0.15, -0.1) is 0 Å². The minimum absolute atomic E-state index is 0.0184. The molecule has 1 aromatic carbocycles. The molecule has 0 bridgehead atoms. The van der Waals surface area contributed by atoms with E-state index in [2.05, 4.69) is 10.2 Å². The second kappa shape index (κ2) is 5.80. The number of esters is 2. The number of nitrogens with one attached hydrogen (secondary N) is 1. The molecule has 0 amide bonds. The molecule has 1 aliphatic rings. The van der Waals surface area contributed by atoms with Crippen LogP contribution in [0.4, 0.5) is 4.39 Å². The van der Waals surface area contributed by atoms with Gasteiger partial charge in [-0.3, -0.25) is 5.10 Å². The van der Waals surface area contributed by atoms with Crippen molar-refractivity contribution in [2.45, 2.75) is 0 Å². The SMILES string of the molecule is O=C1C=C(COC(=O)c2cc(-c3ccc(F)cc3)n[nH]2)CO1. The van der Waals surface area contributed by atoms with E-state index in [4.69, 9.17) is 9.47 Å². The lowest BCUT2D eigenvalue weighted by atomic mass is 10.1. The van der Waals surface area contributed by atoms with Gasteiger partial charge in [0.1, 0.15) is 24.7 Å². The van der Waals surface area contributed by atoms with Crippen LogP contribution in [0.25, 0.3) is 11.3 Å². The summed E-state index contributed by atoms with van der Waals surface area (Å²) in [6, 6.07) is 7.26. The van der Waals surface area contributed by atoms with Crippen molar-refractivity contribution < 1.29 is 23.5 Å². The van der Waals surface area contributed by atoms with Crippen molar-refractivity contribution >= 4 is 11.9 Å². The van der Waals surface area contributed by atoms with Crippen LogP contribution in [-0.4, -0.2) is 35.3 Å². The number of aromatic nitrogens is 2. The molecule has 0 saturated carbocycles. The highest BCUT2D eigenvalue weighted by Gasteiger charge is 2.17. The highest BCUT2D eigenvalue weighted by Crippen LogP contribution is 2.18. The van der Waals surface area contributed by atoms with Gasteiger partial charge in [-0.05, 0) is 30.3 Å². The van der Waals surface area contributed by atoms with E-state index in [-0.39, 0.29) is 24.7 Å². The Morgan fingerprint density at radius 2 is 2.14 bits per heavy atom. The van der Waals surface area contributed by atoms with Crippen molar-refractivity contribution in [2.24, 2.45) is 0 Å². The third-order valence-corrected chi connectivity index (χ3v) is 3.05. The van der Waals surface area contributed by atoms with E-state index in [0.29, 0.717) is 16.8 Å². The van der Waals surface area contributed by atoms with Crippen LogP contribution in [0, 0.1) is 5.82 Å². The fourth-order valence-corrected chi connectivity index (χ4v) is 1.93. The zero-order valence-electron chi connectivity index (χ0n) is 11.3.